The van der Waals surface area contributed by atoms with Gasteiger partial charge in [-0.2, -0.15) is 5.26 Å². The number of carbonyl (C=O) groups excluding carboxylic acids is 1. The van der Waals surface area contributed by atoms with Crippen molar-refractivity contribution < 1.29 is 9.53 Å². The molecule has 0 unspecified atom stereocenters. The first-order valence-electron chi connectivity index (χ1n) is 5.47. The first-order valence-corrected chi connectivity index (χ1v) is 6.26. The van der Waals surface area contributed by atoms with E-state index in [4.69, 9.17) is 10.00 Å². The van der Waals surface area contributed by atoms with Gasteiger partial charge < -0.3 is 4.74 Å². The summed E-state index contributed by atoms with van der Waals surface area (Å²) < 4.78 is 5.87. The van der Waals surface area contributed by atoms with Crippen molar-refractivity contribution in [2.45, 2.75) is 26.2 Å². The number of ether oxygens (including phenoxy) is 1. The molecule has 0 radical (unpaired) electrons. The molecule has 0 aromatic heterocycles. The summed E-state index contributed by atoms with van der Waals surface area (Å²) in [6.45, 7) is 2.19. The Morgan fingerprint density at radius 1 is 1.53 bits per heavy atom. The molecule has 1 rings (SSSR count). The van der Waals surface area contributed by atoms with E-state index in [2.05, 4.69) is 22.0 Å². The zero-order valence-electron chi connectivity index (χ0n) is 9.70. The number of hydrogen-bond acceptors (Lipinski definition) is 3. The second kappa shape index (κ2) is 7.08. The number of benzene rings is 1. The van der Waals surface area contributed by atoms with Gasteiger partial charge in [-0.05, 0) is 30.5 Å². The third-order valence-electron chi connectivity index (χ3n) is 2.27. The van der Waals surface area contributed by atoms with Crippen LogP contribution < -0.4 is 0 Å². The molecule has 3 nitrogen and oxygen atoms in total. The highest BCUT2D eigenvalue weighted by molar-refractivity contribution is 9.10. The summed E-state index contributed by atoms with van der Waals surface area (Å²) >= 11 is 3.43. The molecule has 0 fully saturated rings. The van der Waals surface area contributed by atoms with Crippen LogP contribution in [0.4, 0.5) is 0 Å². The Kier molecular flexibility index (Phi) is 5.71. The normalized spacial score (nSPS) is 9.71. The Labute approximate surface area is 110 Å². The topological polar surface area (TPSA) is 50.1 Å². The first-order chi connectivity index (χ1) is 8.17. The predicted molar refractivity (Wildman–Crippen MR) is 68.4 cm³/mol. The van der Waals surface area contributed by atoms with Crippen molar-refractivity contribution in [2.75, 3.05) is 6.61 Å². The van der Waals surface area contributed by atoms with Crippen molar-refractivity contribution in [1.82, 2.24) is 0 Å². The largest absolute Gasteiger partial charge is 0.466 e. The monoisotopic (exact) mass is 295 g/mol. The van der Waals surface area contributed by atoms with Crippen LogP contribution in [0.2, 0.25) is 0 Å². The van der Waals surface area contributed by atoms with Gasteiger partial charge in [0.15, 0.2) is 0 Å². The summed E-state index contributed by atoms with van der Waals surface area (Å²) in [6, 6.07) is 7.84. The summed E-state index contributed by atoms with van der Waals surface area (Å²) in [7, 11) is 0. The molecule has 0 N–H and O–H groups in total. The highest BCUT2D eigenvalue weighted by Crippen LogP contribution is 2.20. The lowest BCUT2D eigenvalue weighted by molar-refractivity contribution is -0.142. The summed E-state index contributed by atoms with van der Waals surface area (Å²) in [4.78, 5) is 11.3. The van der Waals surface area contributed by atoms with E-state index >= 15 is 0 Å². The van der Waals surface area contributed by atoms with Crippen LogP contribution in [-0.4, -0.2) is 12.6 Å². The molecule has 4 heteroatoms. The van der Waals surface area contributed by atoms with Gasteiger partial charge in [0.25, 0.3) is 0 Å². The van der Waals surface area contributed by atoms with Crippen molar-refractivity contribution in [3.63, 3.8) is 0 Å². The van der Waals surface area contributed by atoms with Crippen LogP contribution in [0.15, 0.2) is 22.7 Å². The van der Waals surface area contributed by atoms with Crippen LogP contribution in [0.1, 0.15) is 24.5 Å². The maximum absolute atomic E-state index is 11.3. The molecule has 0 bridgehead atoms. The minimum Gasteiger partial charge on any atom is -0.466 e. The number of aryl methyl sites for hydroxylation is 1. The Bertz CT molecular complexity index is 438. The molecule has 0 saturated heterocycles. The van der Waals surface area contributed by atoms with Gasteiger partial charge in [0.2, 0.25) is 0 Å². The van der Waals surface area contributed by atoms with Crippen molar-refractivity contribution in [3.8, 4) is 6.07 Å². The van der Waals surface area contributed by atoms with E-state index < -0.39 is 0 Å². The third-order valence-corrected chi connectivity index (χ3v) is 3.04. The van der Waals surface area contributed by atoms with E-state index in [1.165, 1.54) is 0 Å². The number of hydrogen-bond donors (Lipinski definition) is 0. The smallest absolute Gasteiger partial charge is 0.310 e. The first kappa shape index (κ1) is 13.7. The maximum Gasteiger partial charge on any atom is 0.310 e. The van der Waals surface area contributed by atoms with Gasteiger partial charge in [0.05, 0.1) is 19.1 Å². The van der Waals surface area contributed by atoms with Crippen molar-refractivity contribution in [3.05, 3.63) is 33.8 Å². The summed E-state index contributed by atoms with van der Waals surface area (Å²) in [6.07, 6.45) is 1.44. The van der Waals surface area contributed by atoms with Crippen LogP contribution in [0, 0.1) is 11.3 Å². The fourth-order valence-corrected chi connectivity index (χ4v) is 1.94. The number of nitriles is 1. The Morgan fingerprint density at radius 2 is 2.29 bits per heavy atom. The molecule has 0 heterocycles. The molecule has 1 aromatic rings. The zero-order valence-corrected chi connectivity index (χ0v) is 11.3. The number of nitrogens with zero attached hydrogens (tertiary/aromatic N) is 1. The maximum atomic E-state index is 11.3. The van der Waals surface area contributed by atoms with Gasteiger partial charge in [-0.1, -0.05) is 28.1 Å². The minimum atomic E-state index is -0.221. The fraction of sp³-hybridized carbons (Fsp3) is 0.385. The molecule has 17 heavy (non-hydrogen) atoms. The van der Waals surface area contributed by atoms with E-state index in [1.54, 1.807) is 6.92 Å². The van der Waals surface area contributed by atoms with Gasteiger partial charge in [-0.15, -0.1) is 0 Å². The average Bonchev–Trinajstić information content (AvgIpc) is 2.30. The summed E-state index contributed by atoms with van der Waals surface area (Å²) in [5, 5.41) is 8.56. The molecule has 0 aliphatic carbocycles. The van der Waals surface area contributed by atoms with Gasteiger partial charge in [-0.3, -0.25) is 4.79 Å². The molecule has 0 spiro atoms. The molecule has 90 valence electrons. The fourth-order valence-electron chi connectivity index (χ4n) is 1.50. The van der Waals surface area contributed by atoms with E-state index in [9.17, 15) is 4.79 Å². The molecular weight excluding hydrogens is 282 g/mol. The van der Waals surface area contributed by atoms with Crippen LogP contribution in [0.3, 0.4) is 0 Å². The Balaban J connectivity index is 2.74. The number of esters is 1. The van der Waals surface area contributed by atoms with Crippen LogP contribution in [-0.2, 0) is 22.4 Å². The van der Waals surface area contributed by atoms with Gasteiger partial charge in [0, 0.05) is 10.9 Å². The van der Waals surface area contributed by atoms with Gasteiger partial charge >= 0.3 is 5.97 Å². The van der Waals surface area contributed by atoms with E-state index in [0.717, 1.165) is 15.6 Å². The summed E-state index contributed by atoms with van der Waals surface area (Å²) in [5.41, 5.74) is 1.97. The van der Waals surface area contributed by atoms with Gasteiger partial charge in [0.1, 0.15) is 0 Å². The lowest BCUT2D eigenvalue weighted by Gasteiger charge is -2.06. The van der Waals surface area contributed by atoms with Crippen molar-refractivity contribution in [2.24, 2.45) is 0 Å². The lowest BCUT2D eigenvalue weighted by atomic mass is 10.0. The van der Waals surface area contributed by atoms with Crippen LogP contribution >= 0.6 is 15.9 Å². The van der Waals surface area contributed by atoms with E-state index in [0.29, 0.717) is 19.4 Å². The lowest BCUT2D eigenvalue weighted by Crippen LogP contribution is -2.07. The zero-order chi connectivity index (χ0) is 12.7. The Morgan fingerprint density at radius 3 is 2.94 bits per heavy atom. The van der Waals surface area contributed by atoms with Crippen molar-refractivity contribution >= 4 is 21.9 Å². The molecular formula is C13H14BrNO2. The third kappa shape index (κ3) is 4.58. The quantitative estimate of drug-likeness (QED) is 0.785. The molecule has 0 aliphatic heterocycles. The average molecular weight is 296 g/mol. The highest BCUT2D eigenvalue weighted by atomic mass is 79.9. The van der Waals surface area contributed by atoms with Crippen LogP contribution in [0.25, 0.3) is 0 Å². The van der Waals surface area contributed by atoms with E-state index in [1.807, 2.05) is 18.2 Å². The van der Waals surface area contributed by atoms with Gasteiger partial charge in [-0.25, -0.2) is 0 Å². The second-order valence-electron chi connectivity index (χ2n) is 3.57. The standard InChI is InChI=1S/C13H14BrNO2/c1-2-17-13(16)9-10-5-6-12(14)11(8-10)4-3-7-15/h5-6,8H,2-4,9H2,1H3. The van der Waals surface area contributed by atoms with E-state index in [-0.39, 0.29) is 12.4 Å². The highest BCUT2D eigenvalue weighted by Gasteiger charge is 2.06. The molecule has 0 amide bonds. The molecule has 0 atom stereocenters. The molecule has 1 aromatic carbocycles. The molecule has 0 aliphatic rings. The number of halogens is 1. The second-order valence-corrected chi connectivity index (χ2v) is 4.42. The molecule has 0 saturated carbocycles. The SMILES string of the molecule is CCOC(=O)Cc1ccc(Br)c(CCC#N)c1. The Hall–Kier alpha value is -1.34. The summed E-state index contributed by atoms with van der Waals surface area (Å²) in [5.74, 6) is -0.221. The number of rotatable bonds is 5. The van der Waals surface area contributed by atoms with Crippen molar-refractivity contribution in [1.29, 1.82) is 5.26 Å². The van der Waals surface area contributed by atoms with Crippen LogP contribution in [0.5, 0.6) is 0 Å². The number of carbonyl (C=O) groups is 1. The predicted octanol–water partition coefficient (Wildman–Crippen LogP) is 3.01. The minimum absolute atomic E-state index is 0.221.